The molecule has 4 nitrogen and oxygen atoms in total. The number of furan rings is 1. The average Bonchev–Trinajstić information content (AvgIpc) is 3.54. The van der Waals surface area contributed by atoms with E-state index in [-0.39, 0.29) is 11.7 Å². The van der Waals surface area contributed by atoms with E-state index in [9.17, 15) is 9.90 Å². The third-order valence-corrected chi connectivity index (χ3v) is 7.71. The number of benzene rings is 3. The van der Waals surface area contributed by atoms with E-state index in [1.54, 1.807) is 0 Å². The second-order valence-electron chi connectivity index (χ2n) is 10.3. The molecule has 4 heteroatoms. The monoisotopic (exact) mass is 526 g/mol. The number of aromatic hydroxyl groups is 1. The number of carbonyl (C=O) groups excluding carboxylic acids is 1. The molecule has 1 N–H and O–H groups in total. The zero-order valence-electron chi connectivity index (χ0n) is 22.7. The molecule has 0 amide bonds. The minimum atomic E-state index is -0.513. The molecule has 2 aliphatic carbocycles. The first-order valence-electron chi connectivity index (χ1n) is 13.4. The summed E-state index contributed by atoms with van der Waals surface area (Å²) >= 11 is 0. The third-order valence-electron chi connectivity index (χ3n) is 7.71. The van der Waals surface area contributed by atoms with Gasteiger partial charge in [0.1, 0.15) is 5.42 Å². The maximum absolute atomic E-state index is 12.9. The molecule has 3 aromatic carbocycles. The molecule has 2 unspecified atom stereocenters. The van der Waals surface area contributed by atoms with Gasteiger partial charge in [-0.05, 0) is 59.4 Å². The zero-order chi connectivity index (χ0) is 27.8. The van der Waals surface area contributed by atoms with Crippen molar-refractivity contribution in [2.75, 3.05) is 7.11 Å². The highest BCUT2D eigenvalue weighted by atomic mass is 16.5. The summed E-state index contributed by atoms with van der Waals surface area (Å²) in [5.74, 6) is -0.815. The summed E-state index contributed by atoms with van der Waals surface area (Å²) in [6.07, 6.45) is 8.18. The smallest absolute Gasteiger partial charge is 0.334 e. The molecule has 40 heavy (non-hydrogen) atoms. The van der Waals surface area contributed by atoms with E-state index in [0.717, 1.165) is 27.8 Å². The van der Waals surface area contributed by atoms with Gasteiger partial charge in [-0.1, -0.05) is 103 Å². The standard InChI is InChI=1S/C36H30O4/c1-22-14-16-25(17-15-22)29-20-27(24-10-6-4-7-11-24)19-28(29)21-31-35(37)34-30(40-31)18-23(2)32(36(38)39-3)33(34)26-12-8-5-9-13-26/h4-21,27,33,37H,1-3H3. The molecule has 2 atom stereocenters. The van der Waals surface area contributed by atoms with Crippen LogP contribution < -0.4 is 10.8 Å². The lowest BCUT2D eigenvalue weighted by molar-refractivity contribution is -0.136. The van der Waals surface area contributed by atoms with Gasteiger partial charge in [-0.25, -0.2) is 4.79 Å². The summed E-state index contributed by atoms with van der Waals surface area (Å²) in [4.78, 5) is 12.9. The second-order valence-corrected chi connectivity index (χ2v) is 10.3. The molecule has 1 aromatic heterocycles. The number of carbonyl (C=O) groups is 1. The van der Waals surface area contributed by atoms with Crippen molar-refractivity contribution >= 4 is 23.7 Å². The maximum Gasteiger partial charge on any atom is 0.334 e. The number of hydrogen-bond donors (Lipinski definition) is 1. The first-order chi connectivity index (χ1) is 19.4. The van der Waals surface area contributed by atoms with Gasteiger partial charge >= 0.3 is 5.97 Å². The number of rotatable bonds is 5. The summed E-state index contributed by atoms with van der Waals surface area (Å²) in [6, 6.07) is 28.5. The molecule has 0 saturated heterocycles. The average molecular weight is 527 g/mol. The van der Waals surface area contributed by atoms with Crippen molar-refractivity contribution in [3.8, 4) is 5.75 Å². The predicted molar refractivity (Wildman–Crippen MR) is 158 cm³/mol. The Bertz CT molecular complexity index is 1800. The van der Waals surface area contributed by atoms with Gasteiger partial charge in [0.2, 0.25) is 0 Å². The molecule has 0 fully saturated rings. The van der Waals surface area contributed by atoms with Crippen LogP contribution in [0.15, 0.2) is 118 Å². The highest BCUT2D eigenvalue weighted by molar-refractivity contribution is 5.95. The first kappa shape index (κ1) is 25.4. The van der Waals surface area contributed by atoms with E-state index >= 15 is 0 Å². The Morgan fingerprint density at radius 1 is 0.875 bits per heavy atom. The lowest BCUT2D eigenvalue weighted by Crippen LogP contribution is -2.24. The molecule has 0 radical (unpaired) electrons. The van der Waals surface area contributed by atoms with Crippen molar-refractivity contribution in [2.24, 2.45) is 0 Å². The lowest BCUT2D eigenvalue weighted by Gasteiger charge is -2.23. The van der Waals surface area contributed by atoms with E-state index in [0.29, 0.717) is 22.0 Å². The number of fused-ring (bicyclic) bond motifs is 1. The number of methoxy groups -OCH3 is 1. The van der Waals surface area contributed by atoms with E-state index in [1.165, 1.54) is 18.2 Å². The molecule has 0 bridgehead atoms. The van der Waals surface area contributed by atoms with Crippen LogP contribution in [0.25, 0.3) is 17.7 Å². The van der Waals surface area contributed by atoms with E-state index in [4.69, 9.17) is 9.15 Å². The van der Waals surface area contributed by atoms with E-state index < -0.39 is 11.9 Å². The largest absolute Gasteiger partial charge is 0.504 e. The van der Waals surface area contributed by atoms with Crippen LogP contribution in [0, 0.1) is 6.92 Å². The highest BCUT2D eigenvalue weighted by Crippen LogP contribution is 2.40. The Labute approximate surface area is 233 Å². The van der Waals surface area contributed by atoms with Gasteiger partial charge in [0, 0.05) is 11.8 Å². The van der Waals surface area contributed by atoms with Gasteiger partial charge < -0.3 is 14.3 Å². The van der Waals surface area contributed by atoms with Crippen LogP contribution in [0.1, 0.15) is 46.6 Å². The Hall–Kier alpha value is -4.83. The van der Waals surface area contributed by atoms with Gasteiger partial charge in [-0.15, -0.1) is 0 Å². The molecule has 4 aromatic rings. The quantitative estimate of drug-likeness (QED) is 0.310. The summed E-state index contributed by atoms with van der Waals surface area (Å²) < 4.78 is 11.5. The van der Waals surface area contributed by atoms with Crippen LogP contribution in [0.2, 0.25) is 0 Å². The summed E-state index contributed by atoms with van der Waals surface area (Å²) in [5.41, 5.74) is 9.13. The third kappa shape index (κ3) is 4.52. The fourth-order valence-electron chi connectivity index (χ4n) is 5.71. The molecule has 198 valence electrons. The number of aryl methyl sites for hydroxylation is 1. The van der Waals surface area contributed by atoms with Gasteiger partial charge in [0.15, 0.2) is 11.2 Å². The molecular formula is C36H30O4. The molecule has 0 spiro atoms. The minimum Gasteiger partial charge on any atom is -0.504 e. The molecule has 1 heterocycles. The lowest BCUT2D eigenvalue weighted by atomic mass is 9.80. The first-order valence-corrected chi connectivity index (χ1v) is 13.4. The molecule has 0 saturated carbocycles. The second kappa shape index (κ2) is 10.4. The van der Waals surface area contributed by atoms with Crippen molar-refractivity contribution in [3.63, 3.8) is 0 Å². The van der Waals surface area contributed by atoms with Gasteiger partial charge in [-0.3, -0.25) is 0 Å². The van der Waals surface area contributed by atoms with Crippen molar-refractivity contribution in [3.05, 3.63) is 152 Å². The number of hydrogen-bond acceptors (Lipinski definition) is 4. The Kier molecular flexibility index (Phi) is 6.61. The minimum absolute atomic E-state index is 0.0290. The van der Waals surface area contributed by atoms with Crippen LogP contribution in [0.4, 0.5) is 0 Å². The van der Waals surface area contributed by atoms with Crippen LogP contribution in [0.5, 0.6) is 5.75 Å². The fourth-order valence-corrected chi connectivity index (χ4v) is 5.71. The van der Waals surface area contributed by atoms with E-state index in [1.807, 2.05) is 67.6 Å². The van der Waals surface area contributed by atoms with Gasteiger partial charge in [0.05, 0.1) is 18.2 Å². The topological polar surface area (TPSA) is 59.7 Å². The van der Waals surface area contributed by atoms with E-state index in [2.05, 4.69) is 55.5 Å². The molecule has 0 aliphatic heterocycles. The Morgan fingerprint density at radius 2 is 1.52 bits per heavy atom. The summed E-state index contributed by atoms with van der Waals surface area (Å²) in [5, 5.41) is 11.6. The SMILES string of the molecule is COC(=O)C1=C(C)C=c2oc(=CC3=CC(c4ccccc4)C=C3c3ccc(C)cc3)c(O)c2C1c1ccccc1. The highest BCUT2D eigenvalue weighted by Gasteiger charge is 2.34. The number of esters is 1. The van der Waals surface area contributed by atoms with Crippen LogP contribution in [-0.4, -0.2) is 18.2 Å². The van der Waals surface area contributed by atoms with Crippen molar-refractivity contribution in [1.82, 2.24) is 0 Å². The van der Waals surface area contributed by atoms with Crippen LogP contribution in [0.3, 0.4) is 0 Å². The normalized spacial score (nSPS) is 18.6. The van der Waals surface area contributed by atoms with Crippen LogP contribution in [-0.2, 0) is 9.53 Å². The predicted octanol–water partition coefficient (Wildman–Crippen LogP) is 6.30. The molecular weight excluding hydrogens is 496 g/mol. The van der Waals surface area contributed by atoms with Crippen LogP contribution >= 0.6 is 0 Å². The fraction of sp³-hybridized carbons (Fsp3) is 0.139. The maximum atomic E-state index is 12.9. The van der Waals surface area contributed by atoms with Gasteiger partial charge in [0.25, 0.3) is 0 Å². The van der Waals surface area contributed by atoms with Crippen molar-refractivity contribution in [2.45, 2.75) is 25.7 Å². The number of ether oxygens (including phenoxy) is 1. The number of allylic oxidation sites excluding steroid dienone is 5. The summed E-state index contributed by atoms with van der Waals surface area (Å²) in [7, 11) is 1.38. The van der Waals surface area contributed by atoms with Crippen molar-refractivity contribution < 1.29 is 19.1 Å². The molecule has 6 rings (SSSR count). The van der Waals surface area contributed by atoms with Crippen molar-refractivity contribution in [1.29, 1.82) is 0 Å². The zero-order valence-corrected chi connectivity index (χ0v) is 22.7. The van der Waals surface area contributed by atoms with Gasteiger partial charge in [-0.2, -0.15) is 0 Å². The Balaban J connectivity index is 1.52. The molecule has 2 aliphatic rings. The summed E-state index contributed by atoms with van der Waals surface area (Å²) in [6.45, 7) is 3.95. The Morgan fingerprint density at radius 3 is 2.17 bits per heavy atom.